The topological polar surface area (TPSA) is 0 Å². The van der Waals surface area contributed by atoms with E-state index in [1.54, 1.807) is 10.8 Å². The van der Waals surface area contributed by atoms with Crippen LogP contribution in [0.4, 0.5) is 0 Å². The predicted molar refractivity (Wildman–Crippen MR) is 58.2 cm³/mol. The number of rotatable bonds is 3. The molecule has 0 heterocycles. The minimum absolute atomic E-state index is 0.420. The van der Waals surface area contributed by atoms with Crippen molar-refractivity contribution in [2.24, 2.45) is 5.92 Å². The first-order chi connectivity index (χ1) is 5.22. The average molecular weight is 209 g/mol. The van der Waals surface area contributed by atoms with Crippen molar-refractivity contribution in [3.63, 3.8) is 0 Å². The van der Waals surface area contributed by atoms with Crippen LogP contribution in [0, 0.1) is 17.8 Å². The Hall–Kier alpha value is 0.550. The molecular formula is C8H13ClS2. The van der Waals surface area contributed by atoms with Crippen LogP contribution in [0.3, 0.4) is 0 Å². The van der Waals surface area contributed by atoms with Gasteiger partial charge in [-0.05, 0) is 12.2 Å². The van der Waals surface area contributed by atoms with Crippen molar-refractivity contribution >= 4 is 33.2 Å². The van der Waals surface area contributed by atoms with Gasteiger partial charge in [-0.2, -0.15) is 0 Å². The number of hydrogen-bond acceptors (Lipinski definition) is 2. The summed E-state index contributed by atoms with van der Waals surface area (Å²) in [5.41, 5.74) is 0. The summed E-state index contributed by atoms with van der Waals surface area (Å²) in [6.07, 6.45) is 2.07. The molecule has 0 amide bonds. The molecule has 0 radical (unpaired) electrons. The van der Waals surface area contributed by atoms with Gasteiger partial charge in [-0.25, -0.2) is 0 Å². The van der Waals surface area contributed by atoms with E-state index < -0.39 is 0 Å². The van der Waals surface area contributed by atoms with Gasteiger partial charge in [0.15, 0.2) is 0 Å². The molecule has 64 valence electrons. The third kappa shape index (κ3) is 5.78. The largest absolute Gasteiger partial charge is 0.113 e. The zero-order chi connectivity index (χ0) is 8.69. The van der Waals surface area contributed by atoms with Gasteiger partial charge in [0.05, 0.1) is 11.1 Å². The van der Waals surface area contributed by atoms with E-state index in [1.807, 2.05) is 10.8 Å². The van der Waals surface area contributed by atoms with Gasteiger partial charge in [-0.15, -0.1) is 11.6 Å². The fourth-order valence-electron chi connectivity index (χ4n) is 0.545. The second kappa shape index (κ2) is 7.21. The van der Waals surface area contributed by atoms with Crippen molar-refractivity contribution in [3.8, 4) is 11.8 Å². The molecule has 0 aliphatic carbocycles. The third-order valence-electron chi connectivity index (χ3n) is 1.12. The molecule has 0 fully saturated rings. The summed E-state index contributed by atoms with van der Waals surface area (Å²) in [5, 5.41) is 0.420. The van der Waals surface area contributed by atoms with Crippen LogP contribution >= 0.6 is 33.2 Å². The van der Waals surface area contributed by atoms with Crippen LogP contribution in [-0.4, -0.2) is 17.4 Å². The Bertz CT molecular complexity index is 146. The molecule has 0 aliphatic heterocycles. The van der Waals surface area contributed by atoms with Gasteiger partial charge in [0.1, 0.15) is 0 Å². The lowest BCUT2D eigenvalue weighted by molar-refractivity contribution is 0.692. The zero-order valence-electron chi connectivity index (χ0n) is 7.06. The van der Waals surface area contributed by atoms with E-state index in [1.165, 1.54) is 0 Å². The van der Waals surface area contributed by atoms with Gasteiger partial charge in [0.2, 0.25) is 0 Å². The smallest absolute Gasteiger partial charge is 0.0835 e. The Morgan fingerprint density at radius 1 is 1.45 bits per heavy atom. The molecule has 0 bridgehead atoms. The Labute approximate surface area is 82.2 Å². The summed E-state index contributed by atoms with van der Waals surface area (Å²) in [5.74, 6) is 7.07. The van der Waals surface area contributed by atoms with E-state index in [0.29, 0.717) is 17.0 Å². The number of halogens is 1. The molecule has 0 aromatic heterocycles. The molecule has 11 heavy (non-hydrogen) atoms. The van der Waals surface area contributed by atoms with Crippen molar-refractivity contribution in [2.75, 3.05) is 12.1 Å². The molecule has 1 atom stereocenters. The fraction of sp³-hybridized carbons (Fsp3) is 0.750. The van der Waals surface area contributed by atoms with E-state index in [0.717, 1.165) is 0 Å². The molecule has 0 N–H and O–H groups in total. The first-order valence-corrected chi connectivity index (χ1v) is 6.61. The standard InChI is InChI=1S/C8H13ClS2/c1-7(2)8(11-10-3)5-4-6-9/h7-8H,6H2,1-3H3. The van der Waals surface area contributed by atoms with Crippen LogP contribution in [-0.2, 0) is 0 Å². The molecule has 0 nitrogen and oxygen atoms in total. The van der Waals surface area contributed by atoms with Crippen LogP contribution in [0.1, 0.15) is 13.8 Å². The van der Waals surface area contributed by atoms with E-state index in [4.69, 9.17) is 11.6 Å². The highest BCUT2D eigenvalue weighted by atomic mass is 35.5. The molecule has 3 heteroatoms. The molecule has 0 rings (SSSR count). The molecule has 0 saturated carbocycles. The monoisotopic (exact) mass is 208 g/mol. The Balaban J connectivity index is 3.88. The normalized spacial score (nSPS) is 12.5. The predicted octanol–water partition coefficient (Wildman–Crippen LogP) is 3.26. The molecule has 0 spiro atoms. The van der Waals surface area contributed by atoms with Crippen molar-refractivity contribution in [1.82, 2.24) is 0 Å². The van der Waals surface area contributed by atoms with Crippen LogP contribution < -0.4 is 0 Å². The van der Waals surface area contributed by atoms with Crippen molar-refractivity contribution in [1.29, 1.82) is 0 Å². The minimum Gasteiger partial charge on any atom is -0.113 e. The third-order valence-corrected chi connectivity index (χ3v) is 3.51. The van der Waals surface area contributed by atoms with Gasteiger partial charge in [0, 0.05) is 0 Å². The Morgan fingerprint density at radius 2 is 2.09 bits per heavy atom. The highest BCUT2D eigenvalue weighted by molar-refractivity contribution is 8.76. The quantitative estimate of drug-likeness (QED) is 0.397. The first-order valence-electron chi connectivity index (χ1n) is 3.46. The first kappa shape index (κ1) is 11.6. The highest BCUT2D eigenvalue weighted by Gasteiger charge is 2.09. The summed E-state index contributed by atoms with van der Waals surface area (Å²) in [4.78, 5) is 0. The van der Waals surface area contributed by atoms with Crippen LogP contribution in [0.5, 0.6) is 0 Å². The molecule has 1 unspecified atom stereocenters. The molecule has 0 aromatic rings. The van der Waals surface area contributed by atoms with Gasteiger partial charge in [-0.3, -0.25) is 0 Å². The zero-order valence-corrected chi connectivity index (χ0v) is 9.45. The molecule has 0 aromatic carbocycles. The van der Waals surface area contributed by atoms with Gasteiger partial charge in [0.25, 0.3) is 0 Å². The average Bonchev–Trinajstić information content (AvgIpc) is 1.97. The molecular weight excluding hydrogens is 196 g/mol. The van der Waals surface area contributed by atoms with Gasteiger partial charge in [-0.1, -0.05) is 47.3 Å². The molecule has 0 aliphatic rings. The summed E-state index contributed by atoms with van der Waals surface area (Å²) >= 11 is 5.46. The summed E-state index contributed by atoms with van der Waals surface area (Å²) in [6.45, 7) is 4.35. The summed E-state index contributed by atoms with van der Waals surface area (Å²) in [6, 6.07) is 0. The SMILES string of the molecule is CSSC(C#CCCl)C(C)C. The maximum Gasteiger partial charge on any atom is 0.0835 e. The Morgan fingerprint density at radius 3 is 2.45 bits per heavy atom. The summed E-state index contributed by atoms with van der Waals surface area (Å²) < 4.78 is 0. The van der Waals surface area contributed by atoms with E-state index >= 15 is 0 Å². The summed E-state index contributed by atoms with van der Waals surface area (Å²) in [7, 11) is 3.57. The van der Waals surface area contributed by atoms with E-state index in [-0.39, 0.29) is 0 Å². The maximum atomic E-state index is 5.46. The van der Waals surface area contributed by atoms with Crippen molar-refractivity contribution in [2.45, 2.75) is 19.1 Å². The van der Waals surface area contributed by atoms with Gasteiger partial charge < -0.3 is 0 Å². The van der Waals surface area contributed by atoms with Crippen molar-refractivity contribution < 1.29 is 0 Å². The second-order valence-electron chi connectivity index (χ2n) is 2.38. The van der Waals surface area contributed by atoms with Gasteiger partial charge >= 0.3 is 0 Å². The lowest BCUT2D eigenvalue weighted by Gasteiger charge is -2.11. The van der Waals surface area contributed by atoms with E-state index in [2.05, 4.69) is 31.9 Å². The molecule has 0 saturated heterocycles. The number of hydrogen-bond donors (Lipinski definition) is 0. The minimum atomic E-state index is 0.420. The lowest BCUT2D eigenvalue weighted by atomic mass is 10.1. The Kier molecular flexibility index (Phi) is 7.57. The highest BCUT2D eigenvalue weighted by Crippen LogP contribution is 2.28. The van der Waals surface area contributed by atoms with Crippen LogP contribution in [0.25, 0.3) is 0 Å². The van der Waals surface area contributed by atoms with Crippen LogP contribution in [0.2, 0.25) is 0 Å². The lowest BCUT2D eigenvalue weighted by Crippen LogP contribution is -2.06. The fourth-order valence-corrected chi connectivity index (χ4v) is 2.62. The van der Waals surface area contributed by atoms with E-state index in [9.17, 15) is 0 Å². The number of alkyl halides is 1. The maximum absolute atomic E-state index is 5.46. The van der Waals surface area contributed by atoms with Crippen LogP contribution in [0.15, 0.2) is 0 Å². The van der Waals surface area contributed by atoms with Crippen molar-refractivity contribution in [3.05, 3.63) is 0 Å². The second-order valence-corrected chi connectivity index (χ2v) is 5.26.